The number of ketones is 1. The van der Waals surface area contributed by atoms with Crippen LogP contribution in [0.1, 0.15) is 23.2 Å². The first kappa shape index (κ1) is 14.1. The van der Waals surface area contributed by atoms with E-state index in [1.165, 1.54) is 24.6 Å². The number of hydrogen-bond donors (Lipinski definition) is 0. The fourth-order valence-electron chi connectivity index (χ4n) is 2.37. The summed E-state index contributed by atoms with van der Waals surface area (Å²) in [7, 11) is 0. The van der Waals surface area contributed by atoms with E-state index < -0.39 is 0 Å². The second-order valence-electron chi connectivity index (χ2n) is 4.99. The number of nitrogens with zero attached hydrogens (tertiary/aromatic N) is 3. The molecule has 0 radical (unpaired) electrons. The molecule has 2 aromatic rings. The third-order valence-corrected chi connectivity index (χ3v) is 4.43. The van der Waals surface area contributed by atoms with Crippen LogP contribution in [0.4, 0.5) is 5.82 Å². The standard InChI is InChI=1S/C16H17N3OS/c20-14(13-6-2-1-3-7-13)11-21-16-10-15(17-12-18-16)19-8-4-5-9-19/h1-3,6-7,10,12H,4-5,8-9,11H2. The number of hydrogen-bond acceptors (Lipinski definition) is 5. The van der Waals surface area contributed by atoms with Gasteiger partial charge in [0.25, 0.3) is 0 Å². The summed E-state index contributed by atoms with van der Waals surface area (Å²) in [4.78, 5) is 22.9. The van der Waals surface area contributed by atoms with Crippen LogP contribution in [0.25, 0.3) is 0 Å². The molecule has 5 heteroatoms. The van der Waals surface area contributed by atoms with Crippen LogP contribution < -0.4 is 4.90 Å². The molecule has 1 saturated heterocycles. The van der Waals surface area contributed by atoms with E-state index in [1.807, 2.05) is 36.4 Å². The molecular weight excluding hydrogens is 282 g/mol. The smallest absolute Gasteiger partial charge is 0.173 e. The van der Waals surface area contributed by atoms with Crippen LogP contribution in [0.3, 0.4) is 0 Å². The Morgan fingerprint density at radius 1 is 1.14 bits per heavy atom. The lowest BCUT2D eigenvalue weighted by molar-refractivity contribution is 0.102. The zero-order chi connectivity index (χ0) is 14.5. The SMILES string of the molecule is O=C(CSc1cc(N2CCCC2)ncn1)c1ccccc1. The van der Waals surface area contributed by atoms with Crippen LogP contribution in [0.5, 0.6) is 0 Å². The van der Waals surface area contributed by atoms with Gasteiger partial charge in [-0.3, -0.25) is 4.79 Å². The fourth-order valence-corrected chi connectivity index (χ4v) is 3.13. The van der Waals surface area contributed by atoms with Gasteiger partial charge >= 0.3 is 0 Å². The second kappa shape index (κ2) is 6.72. The molecule has 3 rings (SSSR count). The summed E-state index contributed by atoms with van der Waals surface area (Å²) in [6.07, 6.45) is 4.03. The van der Waals surface area contributed by atoms with E-state index >= 15 is 0 Å². The maximum Gasteiger partial charge on any atom is 0.173 e. The number of Topliss-reactive ketones (excluding diaryl/α,β-unsaturated/α-hetero) is 1. The first-order chi connectivity index (χ1) is 10.3. The van der Waals surface area contributed by atoms with Gasteiger partial charge < -0.3 is 4.90 Å². The minimum atomic E-state index is 0.127. The highest BCUT2D eigenvalue weighted by Crippen LogP contribution is 2.23. The van der Waals surface area contributed by atoms with Crippen molar-refractivity contribution in [3.8, 4) is 0 Å². The summed E-state index contributed by atoms with van der Waals surface area (Å²) in [6.45, 7) is 2.12. The number of benzene rings is 1. The molecule has 0 spiro atoms. The molecule has 0 amide bonds. The van der Waals surface area contributed by atoms with Crippen LogP contribution in [-0.4, -0.2) is 34.6 Å². The first-order valence-corrected chi connectivity index (χ1v) is 8.09. The highest BCUT2D eigenvalue weighted by Gasteiger charge is 2.14. The minimum absolute atomic E-state index is 0.127. The summed E-state index contributed by atoms with van der Waals surface area (Å²) in [6, 6.07) is 11.4. The molecular formula is C16H17N3OS. The van der Waals surface area contributed by atoms with E-state index in [1.54, 1.807) is 6.33 Å². The average Bonchev–Trinajstić information content (AvgIpc) is 3.08. The Hall–Kier alpha value is -1.88. The molecule has 0 bridgehead atoms. The molecule has 1 aromatic carbocycles. The van der Waals surface area contributed by atoms with Crippen LogP contribution in [0, 0.1) is 0 Å². The van der Waals surface area contributed by atoms with Crippen molar-refractivity contribution >= 4 is 23.4 Å². The third kappa shape index (κ3) is 3.61. The summed E-state index contributed by atoms with van der Waals surface area (Å²) < 4.78 is 0. The maximum absolute atomic E-state index is 12.1. The molecule has 1 aliphatic heterocycles. The van der Waals surface area contributed by atoms with Crippen molar-refractivity contribution < 1.29 is 4.79 Å². The van der Waals surface area contributed by atoms with Gasteiger partial charge in [0.05, 0.1) is 5.75 Å². The van der Waals surface area contributed by atoms with Gasteiger partial charge in [0, 0.05) is 24.7 Å². The second-order valence-corrected chi connectivity index (χ2v) is 5.98. The molecule has 4 nitrogen and oxygen atoms in total. The minimum Gasteiger partial charge on any atom is -0.356 e. The fraction of sp³-hybridized carbons (Fsp3) is 0.312. The van der Waals surface area contributed by atoms with E-state index in [2.05, 4.69) is 14.9 Å². The molecule has 108 valence electrons. The van der Waals surface area contributed by atoms with Gasteiger partial charge in [0.2, 0.25) is 0 Å². The number of carbonyl (C=O) groups excluding carboxylic acids is 1. The normalized spacial score (nSPS) is 14.4. The number of aromatic nitrogens is 2. The van der Waals surface area contributed by atoms with E-state index in [-0.39, 0.29) is 5.78 Å². The van der Waals surface area contributed by atoms with E-state index in [0.717, 1.165) is 29.5 Å². The molecule has 1 fully saturated rings. The molecule has 0 aliphatic carbocycles. The monoisotopic (exact) mass is 299 g/mol. The van der Waals surface area contributed by atoms with Crippen molar-refractivity contribution in [1.29, 1.82) is 0 Å². The van der Waals surface area contributed by atoms with Crippen LogP contribution >= 0.6 is 11.8 Å². The van der Waals surface area contributed by atoms with Crippen molar-refractivity contribution in [2.75, 3.05) is 23.7 Å². The molecule has 2 heterocycles. The number of carbonyl (C=O) groups is 1. The van der Waals surface area contributed by atoms with Gasteiger partial charge in [0.1, 0.15) is 17.2 Å². The van der Waals surface area contributed by atoms with Gasteiger partial charge in [0.15, 0.2) is 5.78 Å². The Morgan fingerprint density at radius 3 is 2.67 bits per heavy atom. The van der Waals surface area contributed by atoms with Gasteiger partial charge in [-0.05, 0) is 12.8 Å². The Kier molecular flexibility index (Phi) is 4.50. The highest BCUT2D eigenvalue weighted by molar-refractivity contribution is 7.99. The molecule has 0 unspecified atom stereocenters. The Morgan fingerprint density at radius 2 is 1.90 bits per heavy atom. The Bertz CT molecular complexity index is 612. The topological polar surface area (TPSA) is 46.1 Å². The summed E-state index contributed by atoms with van der Waals surface area (Å²) in [5.74, 6) is 1.50. The van der Waals surface area contributed by atoms with E-state index in [4.69, 9.17) is 0 Å². The zero-order valence-corrected chi connectivity index (χ0v) is 12.6. The predicted molar refractivity (Wildman–Crippen MR) is 85.0 cm³/mol. The molecule has 1 aliphatic rings. The molecule has 0 atom stereocenters. The van der Waals surface area contributed by atoms with Crippen LogP contribution in [0.2, 0.25) is 0 Å². The number of thioether (sulfide) groups is 1. The van der Waals surface area contributed by atoms with Crippen LogP contribution in [0.15, 0.2) is 47.8 Å². The molecule has 21 heavy (non-hydrogen) atoms. The Labute approximate surface area is 128 Å². The van der Waals surface area contributed by atoms with Gasteiger partial charge in [-0.25, -0.2) is 9.97 Å². The van der Waals surface area contributed by atoms with Gasteiger partial charge in [-0.1, -0.05) is 42.1 Å². The van der Waals surface area contributed by atoms with Crippen molar-refractivity contribution in [2.45, 2.75) is 17.9 Å². The molecule has 0 saturated carbocycles. The quantitative estimate of drug-likeness (QED) is 0.482. The lowest BCUT2D eigenvalue weighted by atomic mass is 10.2. The number of rotatable bonds is 5. The van der Waals surface area contributed by atoms with Crippen molar-refractivity contribution in [2.24, 2.45) is 0 Å². The average molecular weight is 299 g/mol. The van der Waals surface area contributed by atoms with E-state index in [0.29, 0.717) is 5.75 Å². The van der Waals surface area contributed by atoms with Crippen molar-refractivity contribution in [3.63, 3.8) is 0 Å². The van der Waals surface area contributed by atoms with Crippen molar-refractivity contribution in [3.05, 3.63) is 48.3 Å². The van der Waals surface area contributed by atoms with Gasteiger partial charge in [-0.15, -0.1) is 0 Å². The molecule has 1 aromatic heterocycles. The zero-order valence-electron chi connectivity index (χ0n) is 11.7. The largest absolute Gasteiger partial charge is 0.356 e. The summed E-state index contributed by atoms with van der Waals surface area (Å²) >= 11 is 1.47. The van der Waals surface area contributed by atoms with Crippen LogP contribution in [-0.2, 0) is 0 Å². The van der Waals surface area contributed by atoms with Gasteiger partial charge in [-0.2, -0.15) is 0 Å². The first-order valence-electron chi connectivity index (χ1n) is 7.11. The summed E-state index contributed by atoms with van der Waals surface area (Å²) in [5.41, 5.74) is 0.749. The van der Waals surface area contributed by atoms with Crippen molar-refractivity contribution in [1.82, 2.24) is 9.97 Å². The predicted octanol–water partition coefficient (Wildman–Crippen LogP) is 3.05. The van der Waals surface area contributed by atoms with E-state index in [9.17, 15) is 4.79 Å². The maximum atomic E-state index is 12.1. The summed E-state index contributed by atoms with van der Waals surface area (Å²) in [5, 5.41) is 0.858. The lowest BCUT2D eigenvalue weighted by Crippen LogP contribution is -2.19. The Balaban J connectivity index is 1.63. The lowest BCUT2D eigenvalue weighted by Gasteiger charge is -2.16. The third-order valence-electron chi connectivity index (χ3n) is 3.50. The highest BCUT2D eigenvalue weighted by atomic mass is 32.2. The number of anilines is 1. The molecule has 0 N–H and O–H groups in total.